The lowest BCUT2D eigenvalue weighted by Crippen LogP contribution is -2.23. The molecule has 3 heteroatoms. The van der Waals surface area contributed by atoms with Crippen molar-refractivity contribution in [3.05, 3.63) is 22.4 Å². The Morgan fingerprint density at radius 1 is 1.40 bits per heavy atom. The van der Waals surface area contributed by atoms with Crippen LogP contribution in [-0.2, 0) is 11.3 Å². The molecule has 0 fully saturated rings. The normalized spacial score (nSPS) is 13.3. The highest BCUT2D eigenvalue weighted by Crippen LogP contribution is 2.07. The second-order valence-electron chi connectivity index (χ2n) is 4.08. The Hall–Kier alpha value is -0.380. The van der Waals surface area contributed by atoms with Crippen LogP contribution in [0.25, 0.3) is 0 Å². The minimum Gasteiger partial charge on any atom is -0.377 e. The van der Waals surface area contributed by atoms with Crippen molar-refractivity contribution in [2.24, 2.45) is 5.92 Å². The summed E-state index contributed by atoms with van der Waals surface area (Å²) >= 11 is 1.79. The highest BCUT2D eigenvalue weighted by Gasteiger charge is 2.05. The zero-order valence-corrected chi connectivity index (χ0v) is 10.6. The zero-order chi connectivity index (χ0) is 11.1. The van der Waals surface area contributed by atoms with Crippen molar-refractivity contribution in [1.82, 2.24) is 5.32 Å². The summed E-state index contributed by atoms with van der Waals surface area (Å²) < 4.78 is 5.66. The minimum atomic E-state index is 0.355. The van der Waals surface area contributed by atoms with Crippen molar-refractivity contribution >= 4 is 11.3 Å². The molecule has 0 radical (unpaired) electrons. The van der Waals surface area contributed by atoms with Gasteiger partial charge in [0.25, 0.3) is 0 Å². The molecule has 1 rings (SSSR count). The molecule has 0 amide bonds. The van der Waals surface area contributed by atoms with Crippen LogP contribution < -0.4 is 5.32 Å². The molecule has 15 heavy (non-hydrogen) atoms. The van der Waals surface area contributed by atoms with E-state index in [2.05, 4.69) is 43.6 Å². The topological polar surface area (TPSA) is 21.3 Å². The van der Waals surface area contributed by atoms with Gasteiger partial charge in [0.15, 0.2) is 0 Å². The van der Waals surface area contributed by atoms with Crippen LogP contribution in [-0.4, -0.2) is 19.3 Å². The molecule has 0 saturated heterocycles. The summed E-state index contributed by atoms with van der Waals surface area (Å²) in [5.74, 6) is 0.599. The van der Waals surface area contributed by atoms with Crippen molar-refractivity contribution in [3.63, 3.8) is 0 Å². The van der Waals surface area contributed by atoms with Gasteiger partial charge in [-0.05, 0) is 24.3 Å². The molecule has 0 bridgehead atoms. The second-order valence-corrected chi connectivity index (χ2v) is 5.11. The Balaban J connectivity index is 1.98. The molecule has 0 aromatic carbocycles. The molecule has 0 aliphatic carbocycles. The molecule has 1 heterocycles. The first kappa shape index (κ1) is 12.7. The van der Waals surface area contributed by atoms with Crippen LogP contribution >= 0.6 is 11.3 Å². The van der Waals surface area contributed by atoms with Crippen molar-refractivity contribution in [1.29, 1.82) is 0 Å². The summed E-state index contributed by atoms with van der Waals surface area (Å²) in [6.45, 7) is 9.17. The van der Waals surface area contributed by atoms with Crippen LogP contribution in [0, 0.1) is 5.92 Å². The zero-order valence-electron chi connectivity index (χ0n) is 9.82. The molecule has 0 saturated carbocycles. The number of thiophene rings is 1. The molecular formula is C12H21NOS. The van der Waals surface area contributed by atoms with E-state index in [0.717, 1.165) is 19.7 Å². The van der Waals surface area contributed by atoms with Gasteiger partial charge < -0.3 is 10.1 Å². The van der Waals surface area contributed by atoms with E-state index in [1.807, 2.05) is 0 Å². The Kier molecular flexibility index (Phi) is 5.91. The third-order valence-corrected chi connectivity index (χ3v) is 3.35. The third kappa shape index (κ3) is 5.30. The minimum absolute atomic E-state index is 0.355. The van der Waals surface area contributed by atoms with E-state index in [-0.39, 0.29) is 0 Å². The van der Waals surface area contributed by atoms with E-state index >= 15 is 0 Å². The molecule has 1 aromatic heterocycles. The summed E-state index contributed by atoms with van der Waals surface area (Å²) in [6.07, 6.45) is 0.355. The Bertz CT molecular complexity index is 246. The van der Waals surface area contributed by atoms with Gasteiger partial charge in [-0.3, -0.25) is 0 Å². The van der Waals surface area contributed by atoms with E-state index in [0.29, 0.717) is 12.0 Å². The SMILES string of the molecule is CC(C)C(C)OCCNCc1cccs1. The van der Waals surface area contributed by atoms with Gasteiger partial charge in [0.2, 0.25) is 0 Å². The van der Waals surface area contributed by atoms with Crippen LogP contribution in [0.4, 0.5) is 0 Å². The Morgan fingerprint density at radius 2 is 2.20 bits per heavy atom. The molecule has 1 unspecified atom stereocenters. The predicted octanol–water partition coefficient (Wildman–Crippen LogP) is 2.90. The number of nitrogens with one attached hydrogen (secondary N) is 1. The largest absolute Gasteiger partial charge is 0.377 e. The number of rotatable bonds is 7. The van der Waals surface area contributed by atoms with Crippen LogP contribution in [0.15, 0.2) is 17.5 Å². The summed E-state index contributed by atoms with van der Waals surface area (Å²) in [6, 6.07) is 4.23. The van der Waals surface area contributed by atoms with Gasteiger partial charge in [-0.1, -0.05) is 19.9 Å². The molecule has 0 aliphatic heterocycles. The molecule has 0 aliphatic rings. The Labute approximate surface area is 96.7 Å². The van der Waals surface area contributed by atoms with E-state index in [4.69, 9.17) is 4.74 Å². The average Bonchev–Trinajstić information content (AvgIpc) is 2.69. The molecule has 1 aromatic rings. The fraction of sp³-hybridized carbons (Fsp3) is 0.667. The molecule has 86 valence electrons. The van der Waals surface area contributed by atoms with Gasteiger partial charge in [-0.15, -0.1) is 11.3 Å². The summed E-state index contributed by atoms with van der Waals surface area (Å²) in [5, 5.41) is 5.47. The van der Waals surface area contributed by atoms with Gasteiger partial charge >= 0.3 is 0 Å². The van der Waals surface area contributed by atoms with E-state index in [1.54, 1.807) is 11.3 Å². The van der Waals surface area contributed by atoms with E-state index in [9.17, 15) is 0 Å². The number of hydrogen-bond donors (Lipinski definition) is 1. The van der Waals surface area contributed by atoms with Crippen molar-refractivity contribution in [3.8, 4) is 0 Å². The highest BCUT2D eigenvalue weighted by molar-refractivity contribution is 7.09. The maximum atomic E-state index is 5.66. The van der Waals surface area contributed by atoms with Crippen LogP contribution in [0.2, 0.25) is 0 Å². The highest BCUT2D eigenvalue weighted by atomic mass is 32.1. The first-order chi connectivity index (χ1) is 7.20. The monoisotopic (exact) mass is 227 g/mol. The first-order valence-electron chi connectivity index (χ1n) is 5.55. The lowest BCUT2D eigenvalue weighted by atomic mass is 10.1. The van der Waals surface area contributed by atoms with E-state index in [1.165, 1.54) is 4.88 Å². The quantitative estimate of drug-likeness (QED) is 0.723. The van der Waals surface area contributed by atoms with Crippen molar-refractivity contribution in [2.75, 3.05) is 13.2 Å². The Morgan fingerprint density at radius 3 is 2.80 bits per heavy atom. The fourth-order valence-corrected chi connectivity index (χ4v) is 1.81. The van der Waals surface area contributed by atoms with E-state index < -0.39 is 0 Å². The van der Waals surface area contributed by atoms with Crippen LogP contribution in [0.1, 0.15) is 25.6 Å². The maximum absolute atomic E-state index is 5.66. The fourth-order valence-electron chi connectivity index (χ4n) is 1.13. The van der Waals surface area contributed by atoms with Crippen LogP contribution in [0.5, 0.6) is 0 Å². The maximum Gasteiger partial charge on any atom is 0.0594 e. The van der Waals surface area contributed by atoms with Crippen molar-refractivity contribution in [2.45, 2.75) is 33.4 Å². The van der Waals surface area contributed by atoms with Gasteiger partial charge in [-0.2, -0.15) is 0 Å². The molecule has 2 nitrogen and oxygen atoms in total. The summed E-state index contributed by atoms with van der Waals surface area (Å²) in [4.78, 5) is 1.38. The first-order valence-corrected chi connectivity index (χ1v) is 6.43. The lowest BCUT2D eigenvalue weighted by molar-refractivity contribution is 0.0373. The van der Waals surface area contributed by atoms with Gasteiger partial charge in [0.1, 0.15) is 0 Å². The molecule has 1 N–H and O–H groups in total. The van der Waals surface area contributed by atoms with Crippen LogP contribution in [0.3, 0.4) is 0 Å². The van der Waals surface area contributed by atoms with Gasteiger partial charge in [-0.25, -0.2) is 0 Å². The molecule has 1 atom stereocenters. The summed E-state index contributed by atoms with van der Waals surface area (Å²) in [5.41, 5.74) is 0. The number of hydrogen-bond acceptors (Lipinski definition) is 3. The van der Waals surface area contributed by atoms with Crippen molar-refractivity contribution < 1.29 is 4.74 Å². The second kappa shape index (κ2) is 6.99. The molecular weight excluding hydrogens is 206 g/mol. The third-order valence-electron chi connectivity index (χ3n) is 2.48. The average molecular weight is 227 g/mol. The lowest BCUT2D eigenvalue weighted by Gasteiger charge is -2.16. The predicted molar refractivity (Wildman–Crippen MR) is 66.3 cm³/mol. The standard InChI is InChI=1S/C12H21NOS/c1-10(2)11(3)14-7-6-13-9-12-5-4-8-15-12/h4-5,8,10-11,13H,6-7,9H2,1-3H3. The van der Waals surface area contributed by atoms with Gasteiger partial charge in [0, 0.05) is 18.0 Å². The smallest absolute Gasteiger partial charge is 0.0594 e. The van der Waals surface area contributed by atoms with Gasteiger partial charge in [0.05, 0.1) is 12.7 Å². The molecule has 0 spiro atoms. The summed E-state index contributed by atoms with van der Waals surface area (Å²) in [7, 11) is 0. The number of ether oxygens (including phenoxy) is 1.